The number of aromatic nitrogens is 4. The van der Waals surface area contributed by atoms with Gasteiger partial charge in [-0.1, -0.05) is 12.1 Å². The SMILES string of the molecule is COc1ccc([C@H]2c3ccc(O)cc3Oc3ncn4nc(-c5ccc(N(C)C)cc5)nc4c32)cc1OC. The lowest BCUT2D eigenvalue weighted by Crippen LogP contribution is -2.15. The number of anilines is 1. The predicted molar refractivity (Wildman–Crippen MR) is 139 cm³/mol. The van der Waals surface area contributed by atoms with Gasteiger partial charge in [0.2, 0.25) is 5.88 Å². The minimum absolute atomic E-state index is 0.111. The summed E-state index contributed by atoms with van der Waals surface area (Å²) in [6.45, 7) is 0. The van der Waals surface area contributed by atoms with E-state index in [4.69, 9.17) is 24.3 Å². The second-order valence-electron chi connectivity index (χ2n) is 8.98. The zero-order valence-corrected chi connectivity index (χ0v) is 20.8. The number of fused-ring (bicyclic) bond motifs is 4. The van der Waals surface area contributed by atoms with Crippen molar-refractivity contribution < 1.29 is 19.3 Å². The first kappa shape index (κ1) is 22.7. The third kappa shape index (κ3) is 3.76. The van der Waals surface area contributed by atoms with E-state index in [0.717, 1.165) is 27.9 Å². The second kappa shape index (κ2) is 8.70. The molecule has 186 valence electrons. The molecule has 1 N–H and O–H groups in total. The van der Waals surface area contributed by atoms with Crippen LogP contribution in [0.15, 0.2) is 67.0 Å². The third-order valence-electron chi connectivity index (χ3n) is 6.57. The Hall–Kier alpha value is -4.79. The van der Waals surface area contributed by atoms with Crippen molar-refractivity contribution in [1.82, 2.24) is 19.6 Å². The molecule has 0 spiro atoms. The lowest BCUT2D eigenvalue weighted by atomic mass is 9.83. The number of phenolic OH excluding ortho intramolecular Hbond substituents is 1. The monoisotopic (exact) mass is 495 g/mol. The fraction of sp³-hybridized carbons (Fsp3) is 0.179. The molecule has 3 heterocycles. The van der Waals surface area contributed by atoms with Gasteiger partial charge in [0.25, 0.3) is 0 Å². The molecule has 1 atom stereocenters. The largest absolute Gasteiger partial charge is 0.508 e. The number of hydrogen-bond acceptors (Lipinski definition) is 8. The van der Waals surface area contributed by atoms with Crippen LogP contribution in [0.4, 0.5) is 5.69 Å². The molecule has 1 aliphatic rings. The van der Waals surface area contributed by atoms with Crippen molar-refractivity contribution in [1.29, 1.82) is 0 Å². The van der Waals surface area contributed by atoms with Crippen LogP contribution in [0.25, 0.3) is 17.0 Å². The lowest BCUT2D eigenvalue weighted by Gasteiger charge is -2.28. The van der Waals surface area contributed by atoms with Crippen LogP contribution >= 0.6 is 0 Å². The molecule has 9 heteroatoms. The Morgan fingerprint density at radius 3 is 2.46 bits per heavy atom. The average Bonchev–Trinajstić information content (AvgIpc) is 3.36. The first-order valence-corrected chi connectivity index (χ1v) is 11.7. The van der Waals surface area contributed by atoms with Crippen molar-refractivity contribution in [3.63, 3.8) is 0 Å². The molecule has 1 aliphatic heterocycles. The van der Waals surface area contributed by atoms with Crippen LogP contribution in [0.3, 0.4) is 0 Å². The van der Waals surface area contributed by atoms with Crippen molar-refractivity contribution >= 4 is 11.3 Å². The molecule has 9 nitrogen and oxygen atoms in total. The van der Waals surface area contributed by atoms with E-state index in [-0.39, 0.29) is 11.7 Å². The molecule has 0 saturated carbocycles. The molecule has 0 aliphatic carbocycles. The molecule has 3 aromatic carbocycles. The zero-order valence-electron chi connectivity index (χ0n) is 20.8. The summed E-state index contributed by atoms with van der Waals surface area (Å²) in [6.07, 6.45) is 1.60. The minimum atomic E-state index is -0.302. The Balaban J connectivity index is 1.56. The van der Waals surface area contributed by atoms with E-state index < -0.39 is 0 Å². The summed E-state index contributed by atoms with van der Waals surface area (Å²) in [5.41, 5.74) is 5.20. The second-order valence-corrected chi connectivity index (χ2v) is 8.98. The lowest BCUT2D eigenvalue weighted by molar-refractivity contribution is 0.354. The molecule has 0 fully saturated rings. The van der Waals surface area contributed by atoms with Crippen LogP contribution in [0.2, 0.25) is 0 Å². The molecule has 5 aromatic rings. The molecular formula is C28H25N5O4. The van der Waals surface area contributed by atoms with Gasteiger partial charge in [-0.2, -0.15) is 0 Å². The number of rotatable bonds is 5. The van der Waals surface area contributed by atoms with E-state index in [0.29, 0.717) is 34.6 Å². The molecule has 0 radical (unpaired) electrons. The number of phenols is 1. The standard InChI is InChI=1S/C28H25N5O4/c1-32(2)18-8-5-16(6-9-18)26-30-27-25-24(17-7-12-21(35-3)23(13-17)36-4)20-11-10-19(34)14-22(20)37-28(25)29-15-33(27)31-26/h5-15,24,34H,1-4H3/t24-/m0/s1. The number of hydrogen-bond donors (Lipinski definition) is 1. The van der Waals surface area contributed by atoms with E-state index in [1.807, 2.05) is 67.5 Å². The fourth-order valence-corrected chi connectivity index (χ4v) is 4.71. The Kier molecular flexibility index (Phi) is 5.33. The average molecular weight is 496 g/mol. The van der Waals surface area contributed by atoms with Gasteiger partial charge in [-0.3, -0.25) is 0 Å². The molecule has 2 aromatic heterocycles. The van der Waals surface area contributed by atoms with Gasteiger partial charge in [-0.05, 0) is 48.0 Å². The maximum Gasteiger partial charge on any atom is 0.228 e. The predicted octanol–water partition coefficient (Wildman–Crippen LogP) is 4.87. The molecule has 6 rings (SSSR count). The van der Waals surface area contributed by atoms with Gasteiger partial charge in [-0.15, -0.1) is 5.10 Å². The molecule has 0 saturated heterocycles. The highest BCUT2D eigenvalue weighted by molar-refractivity contribution is 5.70. The summed E-state index contributed by atoms with van der Waals surface area (Å²) in [4.78, 5) is 11.5. The fourth-order valence-electron chi connectivity index (χ4n) is 4.71. The van der Waals surface area contributed by atoms with Gasteiger partial charge >= 0.3 is 0 Å². The van der Waals surface area contributed by atoms with Crippen LogP contribution in [-0.2, 0) is 0 Å². The van der Waals surface area contributed by atoms with E-state index in [9.17, 15) is 5.11 Å². The molecular weight excluding hydrogens is 470 g/mol. The highest BCUT2D eigenvalue weighted by Crippen LogP contribution is 2.49. The molecule has 0 unspecified atom stereocenters. The molecule has 37 heavy (non-hydrogen) atoms. The smallest absolute Gasteiger partial charge is 0.228 e. The first-order valence-electron chi connectivity index (χ1n) is 11.7. The van der Waals surface area contributed by atoms with Crippen LogP contribution < -0.4 is 19.1 Å². The summed E-state index contributed by atoms with van der Waals surface area (Å²) in [6, 6.07) is 19.0. The van der Waals surface area contributed by atoms with E-state index >= 15 is 0 Å². The zero-order chi connectivity index (χ0) is 25.7. The third-order valence-corrected chi connectivity index (χ3v) is 6.57. The van der Waals surface area contributed by atoms with Crippen LogP contribution in [0.5, 0.6) is 28.9 Å². The molecule has 0 amide bonds. The van der Waals surface area contributed by atoms with Gasteiger partial charge in [0, 0.05) is 42.9 Å². The van der Waals surface area contributed by atoms with Crippen molar-refractivity contribution in [2.75, 3.05) is 33.2 Å². The van der Waals surface area contributed by atoms with Crippen molar-refractivity contribution in [2.24, 2.45) is 0 Å². The highest BCUT2D eigenvalue weighted by Gasteiger charge is 2.34. The first-order chi connectivity index (χ1) is 18.0. The number of nitrogens with zero attached hydrogens (tertiary/aromatic N) is 5. The highest BCUT2D eigenvalue weighted by atomic mass is 16.5. The Morgan fingerprint density at radius 1 is 0.946 bits per heavy atom. The van der Waals surface area contributed by atoms with Gasteiger partial charge < -0.3 is 24.2 Å². The maximum absolute atomic E-state index is 10.1. The Bertz CT molecular complexity index is 1630. The molecule has 0 bridgehead atoms. The van der Waals surface area contributed by atoms with Gasteiger partial charge in [0.05, 0.1) is 19.8 Å². The van der Waals surface area contributed by atoms with Gasteiger partial charge in [-0.25, -0.2) is 14.5 Å². The Labute approximate surface area is 213 Å². The van der Waals surface area contributed by atoms with E-state index in [2.05, 4.69) is 4.98 Å². The van der Waals surface area contributed by atoms with Crippen LogP contribution in [0.1, 0.15) is 22.6 Å². The topological polar surface area (TPSA) is 94.2 Å². The summed E-state index contributed by atoms with van der Waals surface area (Å²) in [5.74, 6) is 2.57. The van der Waals surface area contributed by atoms with Gasteiger partial charge in [0.1, 0.15) is 17.8 Å². The van der Waals surface area contributed by atoms with Crippen molar-refractivity contribution in [2.45, 2.75) is 5.92 Å². The quantitative estimate of drug-likeness (QED) is 0.362. The number of benzene rings is 3. The summed E-state index contributed by atoms with van der Waals surface area (Å²) < 4.78 is 18.9. The van der Waals surface area contributed by atoms with Crippen LogP contribution in [0, 0.1) is 0 Å². The van der Waals surface area contributed by atoms with E-state index in [1.165, 1.54) is 0 Å². The van der Waals surface area contributed by atoms with Crippen molar-refractivity contribution in [3.8, 4) is 40.3 Å². The summed E-state index contributed by atoms with van der Waals surface area (Å²) in [7, 11) is 7.22. The summed E-state index contributed by atoms with van der Waals surface area (Å²) in [5, 5.41) is 14.8. The van der Waals surface area contributed by atoms with Gasteiger partial charge in [0.15, 0.2) is 23.0 Å². The maximum atomic E-state index is 10.1. The Morgan fingerprint density at radius 2 is 1.73 bits per heavy atom. The number of aromatic hydroxyl groups is 1. The van der Waals surface area contributed by atoms with E-state index in [1.54, 1.807) is 37.2 Å². The van der Waals surface area contributed by atoms with Crippen LogP contribution in [-0.4, -0.2) is 53.0 Å². The minimum Gasteiger partial charge on any atom is -0.508 e. The number of ether oxygens (including phenoxy) is 3. The number of methoxy groups -OCH3 is 2. The van der Waals surface area contributed by atoms with Crippen molar-refractivity contribution in [3.05, 3.63) is 83.7 Å². The summed E-state index contributed by atoms with van der Waals surface area (Å²) >= 11 is 0. The normalized spacial score (nSPS) is 14.0.